The van der Waals surface area contributed by atoms with Crippen LogP contribution in [-0.2, 0) is 65.4 Å². The zero-order valence-electron chi connectivity index (χ0n) is 59.9. The SMILES string of the molecule is CCCCCCCCCCCCCCCCCCCC(=O)O[C@H](COC(=O)CCCCCCCCCCCCC(C)CC)COP(=O)(O)OC[C@@H](O)COP(=O)(O)OC[C@@H](COC(=O)CCCCCCCCCC(C)C)OC(=O)CCCCCCCCCCCCC. The molecule has 0 aromatic rings. The molecule has 6 atom stereocenters. The third-order valence-electron chi connectivity index (χ3n) is 17.3. The highest BCUT2D eigenvalue weighted by Crippen LogP contribution is 2.45. The Labute approximate surface area is 562 Å². The molecule has 0 rings (SSSR count). The summed E-state index contributed by atoms with van der Waals surface area (Å²) in [4.78, 5) is 72.7. The molecule has 0 aliphatic heterocycles. The fraction of sp³-hybridized carbons (Fsp3) is 0.945. The summed E-state index contributed by atoms with van der Waals surface area (Å²) in [6, 6.07) is 0. The van der Waals surface area contributed by atoms with Crippen molar-refractivity contribution in [3.8, 4) is 0 Å². The van der Waals surface area contributed by atoms with Gasteiger partial charge in [-0.05, 0) is 37.5 Å². The molecule has 92 heavy (non-hydrogen) atoms. The van der Waals surface area contributed by atoms with Crippen LogP contribution in [0.3, 0.4) is 0 Å². The summed E-state index contributed by atoms with van der Waals surface area (Å²) in [5.74, 6) is -0.605. The fourth-order valence-corrected chi connectivity index (χ4v) is 12.7. The van der Waals surface area contributed by atoms with E-state index in [2.05, 4.69) is 41.5 Å². The summed E-state index contributed by atoms with van der Waals surface area (Å²) in [5.41, 5.74) is 0. The van der Waals surface area contributed by atoms with Crippen molar-refractivity contribution >= 4 is 39.5 Å². The quantitative estimate of drug-likeness (QED) is 0.0222. The van der Waals surface area contributed by atoms with Crippen LogP contribution in [-0.4, -0.2) is 96.7 Å². The largest absolute Gasteiger partial charge is 0.472 e. The Kier molecular flexibility index (Phi) is 63.7. The van der Waals surface area contributed by atoms with Gasteiger partial charge in [0, 0.05) is 25.7 Å². The van der Waals surface area contributed by atoms with E-state index in [1.165, 1.54) is 186 Å². The first-order valence-electron chi connectivity index (χ1n) is 38.0. The molecular formula is C73H142O17P2. The number of aliphatic hydroxyl groups excluding tert-OH is 1. The minimum absolute atomic E-state index is 0.106. The molecule has 17 nitrogen and oxygen atoms in total. The highest BCUT2D eigenvalue weighted by Gasteiger charge is 2.30. The second-order valence-corrected chi connectivity index (χ2v) is 30.0. The first-order valence-corrected chi connectivity index (χ1v) is 41.0. The van der Waals surface area contributed by atoms with Gasteiger partial charge in [0.2, 0.25) is 0 Å². The van der Waals surface area contributed by atoms with Crippen LogP contribution in [0.15, 0.2) is 0 Å². The fourth-order valence-electron chi connectivity index (χ4n) is 11.1. The van der Waals surface area contributed by atoms with E-state index in [9.17, 15) is 43.2 Å². The van der Waals surface area contributed by atoms with E-state index in [1.807, 2.05) is 0 Å². The minimum atomic E-state index is -4.95. The van der Waals surface area contributed by atoms with E-state index >= 15 is 0 Å². The summed E-state index contributed by atoms with van der Waals surface area (Å²) >= 11 is 0. The van der Waals surface area contributed by atoms with Crippen molar-refractivity contribution in [1.29, 1.82) is 0 Å². The van der Waals surface area contributed by atoms with Crippen molar-refractivity contribution in [3.63, 3.8) is 0 Å². The van der Waals surface area contributed by atoms with E-state index < -0.39 is 97.5 Å². The average molecular weight is 1350 g/mol. The van der Waals surface area contributed by atoms with Gasteiger partial charge in [0.1, 0.15) is 19.3 Å². The van der Waals surface area contributed by atoms with Gasteiger partial charge in [0.05, 0.1) is 26.4 Å². The van der Waals surface area contributed by atoms with E-state index in [1.54, 1.807) is 0 Å². The topological polar surface area (TPSA) is 237 Å². The summed E-state index contributed by atoms with van der Waals surface area (Å²) in [6.07, 6.45) is 51.3. The lowest BCUT2D eigenvalue weighted by molar-refractivity contribution is -0.161. The van der Waals surface area contributed by atoms with Crippen LogP contribution in [0.1, 0.15) is 375 Å². The number of ether oxygens (including phenoxy) is 4. The van der Waals surface area contributed by atoms with Crippen molar-refractivity contribution in [1.82, 2.24) is 0 Å². The van der Waals surface area contributed by atoms with Crippen molar-refractivity contribution in [2.75, 3.05) is 39.6 Å². The molecule has 0 aliphatic carbocycles. The lowest BCUT2D eigenvalue weighted by Crippen LogP contribution is -2.30. The van der Waals surface area contributed by atoms with Gasteiger partial charge >= 0.3 is 39.5 Å². The van der Waals surface area contributed by atoms with Crippen LogP contribution < -0.4 is 0 Å². The number of phosphoric ester groups is 2. The van der Waals surface area contributed by atoms with Gasteiger partial charge in [-0.15, -0.1) is 0 Å². The number of hydrogen-bond donors (Lipinski definition) is 3. The summed E-state index contributed by atoms with van der Waals surface area (Å²) < 4.78 is 68.4. The van der Waals surface area contributed by atoms with Gasteiger partial charge in [0.15, 0.2) is 12.2 Å². The molecule has 3 N–H and O–H groups in total. The molecule has 0 saturated carbocycles. The molecule has 546 valence electrons. The van der Waals surface area contributed by atoms with Gasteiger partial charge in [0.25, 0.3) is 0 Å². The second-order valence-electron chi connectivity index (χ2n) is 27.1. The highest BCUT2D eigenvalue weighted by atomic mass is 31.2. The lowest BCUT2D eigenvalue weighted by Gasteiger charge is -2.21. The number of unbranched alkanes of at least 4 members (excludes halogenated alkanes) is 41. The molecule has 0 aromatic heterocycles. The molecule has 0 aromatic carbocycles. The maximum absolute atomic E-state index is 13.1. The molecule has 0 amide bonds. The summed E-state index contributed by atoms with van der Waals surface area (Å²) in [7, 11) is -9.90. The van der Waals surface area contributed by atoms with Gasteiger partial charge < -0.3 is 33.8 Å². The van der Waals surface area contributed by atoms with Gasteiger partial charge in [-0.25, -0.2) is 9.13 Å². The molecule has 0 aliphatic rings. The Morgan fingerprint density at radius 2 is 0.554 bits per heavy atom. The Hall–Kier alpha value is -1.94. The zero-order valence-corrected chi connectivity index (χ0v) is 61.6. The first kappa shape index (κ1) is 90.1. The number of hydrogen-bond acceptors (Lipinski definition) is 15. The number of esters is 4. The van der Waals surface area contributed by atoms with Crippen LogP contribution in [0, 0.1) is 11.8 Å². The smallest absolute Gasteiger partial charge is 0.462 e. The average Bonchev–Trinajstić information content (AvgIpc) is 3.19. The molecule has 0 fully saturated rings. The third kappa shape index (κ3) is 65.4. The van der Waals surface area contributed by atoms with Crippen LogP contribution in [0.2, 0.25) is 0 Å². The molecule has 0 spiro atoms. The van der Waals surface area contributed by atoms with E-state index in [-0.39, 0.29) is 25.7 Å². The third-order valence-corrected chi connectivity index (χ3v) is 19.2. The number of phosphoric acid groups is 2. The highest BCUT2D eigenvalue weighted by molar-refractivity contribution is 7.47. The number of aliphatic hydroxyl groups is 1. The molecule has 19 heteroatoms. The Morgan fingerprint density at radius 1 is 0.315 bits per heavy atom. The van der Waals surface area contributed by atoms with Gasteiger partial charge in [-0.1, -0.05) is 324 Å². The summed E-state index contributed by atoms with van der Waals surface area (Å²) in [6.45, 7) is 9.54. The lowest BCUT2D eigenvalue weighted by atomic mass is 9.99. The van der Waals surface area contributed by atoms with Crippen molar-refractivity contribution in [2.24, 2.45) is 11.8 Å². The minimum Gasteiger partial charge on any atom is -0.462 e. The van der Waals surface area contributed by atoms with Crippen LogP contribution in [0.25, 0.3) is 0 Å². The maximum Gasteiger partial charge on any atom is 0.472 e. The molecule has 0 radical (unpaired) electrons. The Morgan fingerprint density at radius 3 is 0.826 bits per heavy atom. The Balaban J connectivity index is 5.24. The monoisotopic (exact) mass is 1350 g/mol. The van der Waals surface area contributed by atoms with E-state index in [4.69, 9.17) is 37.0 Å². The molecule has 3 unspecified atom stereocenters. The number of rotatable bonds is 72. The van der Waals surface area contributed by atoms with Gasteiger partial charge in [-0.3, -0.25) is 37.3 Å². The number of carbonyl (C=O) groups is 4. The van der Waals surface area contributed by atoms with Crippen molar-refractivity contribution < 1.29 is 80.2 Å². The maximum atomic E-state index is 13.1. The molecular weight excluding hydrogens is 1210 g/mol. The predicted molar refractivity (Wildman–Crippen MR) is 372 cm³/mol. The number of carbonyl (C=O) groups excluding carboxylic acids is 4. The van der Waals surface area contributed by atoms with E-state index in [0.29, 0.717) is 31.6 Å². The van der Waals surface area contributed by atoms with E-state index in [0.717, 1.165) is 102 Å². The first-order chi connectivity index (χ1) is 44.4. The Bertz CT molecular complexity index is 1790. The zero-order chi connectivity index (χ0) is 67.9. The molecule has 0 saturated heterocycles. The molecule has 0 heterocycles. The predicted octanol–water partition coefficient (Wildman–Crippen LogP) is 21.2. The van der Waals surface area contributed by atoms with Gasteiger partial charge in [-0.2, -0.15) is 0 Å². The van der Waals surface area contributed by atoms with Crippen molar-refractivity contribution in [2.45, 2.75) is 394 Å². The van der Waals surface area contributed by atoms with Crippen LogP contribution >= 0.6 is 15.6 Å². The van der Waals surface area contributed by atoms with Crippen molar-refractivity contribution in [3.05, 3.63) is 0 Å². The summed E-state index contributed by atoms with van der Waals surface area (Å²) in [5, 5.41) is 10.6. The second kappa shape index (κ2) is 65.0. The normalized spacial score (nSPS) is 14.4. The van der Waals surface area contributed by atoms with Crippen LogP contribution in [0.4, 0.5) is 0 Å². The van der Waals surface area contributed by atoms with Crippen LogP contribution in [0.5, 0.6) is 0 Å². The molecule has 0 bridgehead atoms. The standard InChI is InChI=1S/C73H142O17P2/c1-7-10-12-14-16-18-20-21-22-23-24-25-27-33-39-46-52-58-73(78)89-68(61-83-70(75)55-49-43-37-31-29-28-30-36-42-48-54-66(6)9-3)63-87-91(79,80)85-59-67(74)60-86-92(81,82)88-64-69(62-84-71(76)56-50-44-40-34-35-41-47-53-65(4)5)90-72(77)57-51-45-38-32-26-19-17-15-13-11-8-2/h65-69,74H,7-64H2,1-6H3,(H,79,80)(H,81,82)/t66?,67-,68-,69-/m1/s1.